The molecule has 1 heterocycles. The van der Waals surface area contributed by atoms with Gasteiger partial charge in [-0.05, 0) is 33.6 Å². The number of ether oxygens (including phenoxy) is 1. The first-order valence-electron chi connectivity index (χ1n) is 7.67. The van der Waals surface area contributed by atoms with Crippen LogP contribution in [-0.2, 0) is 9.53 Å². The van der Waals surface area contributed by atoms with Crippen LogP contribution in [0.15, 0.2) is 23.3 Å². The number of rotatable bonds is 6. The molecule has 0 radical (unpaired) electrons. The highest BCUT2D eigenvalue weighted by Gasteiger charge is 2.44. The van der Waals surface area contributed by atoms with Crippen LogP contribution in [0.25, 0.3) is 0 Å². The molecule has 0 bridgehead atoms. The van der Waals surface area contributed by atoms with E-state index in [0.717, 1.165) is 18.4 Å². The van der Waals surface area contributed by atoms with E-state index in [2.05, 4.69) is 11.4 Å². The predicted molar refractivity (Wildman–Crippen MR) is 84.3 cm³/mol. The van der Waals surface area contributed by atoms with Crippen LogP contribution in [0.1, 0.15) is 33.6 Å². The molecule has 1 rings (SSSR count). The second kappa shape index (κ2) is 9.14. The number of hydrogen-bond acceptors (Lipinski definition) is 6. The molecule has 132 valence electrons. The molecule has 1 aliphatic heterocycles. The maximum absolute atomic E-state index is 12.0. The van der Waals surface area contributed by atoms with Gasteiger partial charge >= 0.3 is 0 Å². The predicted octanol–water partition coefficient (Wildman–Crippen LogP) is -0.405. The quantitative estimate of drug-likeness (QED) is 0.334. The molecule has 1 amide bonds. The Bertz CT molecular complexity index is 457. The van der Waals surface area contributed by atoms with Gasteiger partial charge in [0, 0.05) is 6.08 Å². The van der Waals surface area contributed by atoms with Crippen molar-refractivity contribution in [3.05, 3.63) is 23.3 Å². The minimum Gasteiger partial charge on any atom is -0.394 e. The van der Waals surface area contributed by atoms with Crippen molar-refractivity contribution in [3.63, 3.8) is 0 Å². The Morgan fingerprint density at radius 1 is 1.17 bits per heavy atom. The van der Waals surface area contributed by atoms with E-state index in [9.17, 15) is 20.1 Å². The zero-order valence-corrected chi connectivity index (χ0v) is 13.8. The summed E-state index contributed by atoms with van der Waals surface area (Å²) < 4.78 is 4.98. The van der Waals surface area contributed by atoms with E-state index in [4.69, 9.17) is 9.84 Å². The van der Waals surface area contributed by atoms with Gasteiger partial charge in [0.15, 0.2) is 6.29 Å². The third kappa shape index (κ3) is 6.04. The van der Waals surface area contributed by atoms with E-state index in [1.807, 2.05) is 20.8 Å². The van der Waals surface area contributed by atoms with Gasteiger partial charge in [0.2, 0.25) is 5.91 Å². The molecule has 0 aromatic rings. The first-order chi connectivity index (χ1) is 10.8. The lowest BCUT2D eigenvalue weighted by Crippen LogP contribution is -2.64. The smallest absolute Gasteiger partial charge is 0.244 e. The zero-order valence-electron chi connectivity index (χ0n) is 13.8. The fourth-order valence-corrected chi connectivity index (χ4v) is 2.34. The van der Waals surface area contributed by atoms with Gasteiger partial charge < -0.3 is 30.5 Å². The highest BCUT2D eigenvalue weighted by molar-refractivity contribution is 5.88. The van der Waals surface area contributed by atoms with E-state index in [0.29, 0.717) is 0 Å². The number of aliphatic hydroxyl groups is 4. The molecule has 0 spiro atoms. The van der Waals surface area contributed by atoms with Gasteiger partial charge in [-0.2, -0.15) is 0 Å². The summed E-state index contributed by atoms with van der Waals surface area (Å²) in [5.74, 6) is -0.485. The van der Waals surface area contributed by atoms with Crippen LogP contribution in [0.3, 0.4) is 0 Å². The van der Waals surface area contributed by atoms with Crippen LogP contribution in [0.5, 0.6) is 0 Å². The SMILES string of the molecule is CC(C)=CCC/C(C)=C/C(=O)N[C@@H]1[C@@H](O)[C@H](O)[C@@H](CO)O[C@@H]1O. The van der Waals surface area contributed by atoms with E-state index in [1.54, 1.807) is 0 Å². The molecule has 1 fully saturated rings. The second-order valence-corrected chi connectivity index (χ2v) is 6.07. The first kappa shape index (κ1) is 19.8. The zero-order chi connectivity index (χ0) is 17.6. The molecule has 0 unspecified atom stereocenters. The molecule has 7 nitrogen and oxygen atoms in total. The third-order valence-electron chi connectivity index (χ3n) is 3.68. The highest BCUT2D eigenvalue weighted by Crippen LogP contribution is 2.19. The molecule has 23 heavy (non-hydrogen) atoms. The van der Waals surface area contributed by atoms with Crippen LogP contribution in [0.4, 0.5) is 0 Å². The van der Waals surface area contributed by atoms with Crippen molar-refractivity contribution in [1.82, 2.24) is 5.32 Å². The van der Waals surface area contributed by atoms with Crippen molar-refractivity contribution in [3.8, 4) is 0 Å². The van der Waals surface area contributed by atoms with E-state index < -0.39 is 43.2 Å². The Morgan fingerprint density at radius 2 is 1.83 bits per heavy atom. The van der Waals surface area contributed by atoms with Crippen LogP contribution < -0.4 is 5.32 Å². The molecular weight excluding hydrogens is 302 g/mol. The van der Waals surface area contributed by atoms with Crippen LogP contribution in [-0.4, -0.2) is 63.6 Å². The number of hydrogen-bond donors (Lipinski definition) is 5. The fourth-order valence-electron chi connectivity index (χ4n) is 2.34. The topological polar surface area (TPSA) is 119 Å². The van der Waals surface area contributed by atoms with Crippen molar-refractivity contribution >= 4 is 5.91 Å². The Balaban J connectivity index is 2.60. The number of carbonyl (C=O) groups excluding carboxylic acids is 1. The maximum atomic E-state index is 12.0. The number of nitrogens with one attached hydrogen (secondary N) is 1. The second-order valence-electron chi connectivity index (χ2n) is 6.07. The number of aliphatic hydroxyl groups excluding tert-OH is 4. The van der Waals surface area contributed by atoms with Gasteiger partial charge in [-0.3, -0.25) is 4.79 Å². The average molecular weight is 329 g/mol. The highest BCUT2D eigenvalue weighted by atomic mass is 16.6. The minimum absolute atomic E-state index is 0.485. The van der Waals surface area contributed by atoms with E-state index in [1.165, 1.54) is 11.6 Å². The standard InChI is InChI=1S/C16H27NO6/c1-9(2)5-4-6-10(3)7-12(19)17-13-15(21)14(20)11(8-18)23-16(13)22/h5,7,11,13-16,18,20-22H,4,6,8H2,1-3H3,(H,17,19)/b10-7+/t11-,13-,14-,15-,16+/m1/s1. The Hall–Kier alpha value is -1.25. The Kier molecular flexibility index (Phi) is 7.87. The summed E-state index contributed by atoms with van der Waals surface area (Å²) in [5, 5.41) is 40.9. The number of carbonyl (C=O) groups is 1. The normalized spacial score (nSPS) is 31.6. The van der Waals surface area contributed by atoms with Crippen LogP contribution >= 0.6 is 0 Å². The summed E-state index contributed by atoms with van der Waals surface area (Å²) in [7, 11) is 0. The lowest BCUT2D eigenvalue weighted by molar-refractivity contribution is -0.253. The minimum atomic E-state index is -1.51. The molecule has 1 saturated heterocycles. The Labute approximate surface area is 136 Å². The number of amides is 1. The summed E-state index contributed by atoms with van der Waals surface area (Å²) in [6, 6.07) is -1.16. The lowest BCUT2D eigenvalue weighted by Gasteiger charge is -2.40. The molecule has 1 aliphatic rings. The van der Waals surface area contributed by atoms with Gasteiger partial charge in [0.1, 0.15) is 24.4 Å². The van der Waals surface area contributed by atoms with Crippen molar-refractivity contribution in [2.24, 2.45) is 0 Å². The molecule has 5 N–H and O–H groups in total. The van der Waals surface area contributed by atoms with Crippen molar-refractivity contribution < 1.29 is 30.0 Å². The van der Waals surface area contributed by atoms with Gasteiger partial charge in [0.05, 0.1) is 6.61 Å². The monoisotopic (exact) mass is 329 g/mol. The summed E-state index contributed by atoms with van der Waals surface area (Å²) in [6.45, 7) is 5.28. The average Bonchev–Trinajstić information content (AvgIpc) is 2.46. The molecule has 7 heteroatoms. The number of allylic oxidation sites excluding steroid dienone is 3. The summed E-state index contributed by atoms with van der Waals surface area (Å²) in [5.41, 5.74) is 2.06. The largest absolute Gasteiger partial charge is 0.394 e. The van der Waals surface area contributed by atoms with Crippen molar-refractivity contribution in [2.45, 2.75) is 64.3 Å². The van der Waals surface area contributed by atoms with Gasteiger partial charge in [0.25, 0.3) is 0 Å². The van der Waals surface area contributed by atoms with E-state index >= 15 is 0 Å². The molecule has 0 aromatic heterocycles. The van der Waals surface area contributed by atoms with Crippen molar-refractivity contribution in [2.75, 3.05) is 6.61 Å². The van der Waals surface area contributed by atoms with Crippen molar-refractivity contribution in [1.29, 1.82) is 0 Å². The molecule has 5 atom stereocenters. The summed E-state index contributed by atoms with van der Waals surface area (Å²) in [4.78, 5) is 12.0. The molecule has 0 aliphatic carbocycles. The summed E-state index contributed by atoms with van der Waals surface area (Å²) in [6.07, 6.45) is -0.405. The van der Waals surface area contributed by atoms with Gasteiger partial charge in [-0.25, -0.2) is 0 Å². The van der Waals surface area contributed by atoms with E-state index in [-0.39, 0.29) is 0 Å². The molecule has 0 saturated carbocycles. The van der Waals surface area contributed by atoms with Crippen LogP contribution in [0, 0.1) is 0 Å². The summed E-state index contributed by atoms with van der Waals surface area (Å²) >= 11 is 0. The fraction of sp³-hybridized carbons (Fsp3) is 0.688. The third-order valence-corrected chi connectivity index (χ3v) is 3.68. The van der Waals surface area contributed by atoms with Gasteiger partial charge in [-0.1, -0.05) is 17.2 Å². The first-order valence-corrected chi connectivity index (χ1v) is 7.67. The lowest BCUT2D eigenvalue weighted by atomic mass is 9.97. The molecular formula is C16H27NO6. The Morgan fingerprint density at radius 3 is 2.39 bits per heavy atom. The van der Waals surface area contributed by atoms with Crippen LogP contribution in [0.2, 0.25) is 0 Å². The maximum Gasteiger partial charge on any atom is 0.244 e. The molecule has 0 aromatic carbocycles. The van der Waals surface area contributed by atoms with Gasteiger partial charge in [-0.15, -0.1) is 0 Å².